The third kappa shape index (κ3) is 2.78. The maximum absolute atomic E-state index is 6.53. The van der Waals surface area contributed by atoms with Gasteiger partial charge in [0, 0.05) is 19.3 Å². The maximum atomic E-state index is 6.53. The molecule has 1 saturated heterocycles. The van der Waals surface area contributed by atoms with Gasteiger partial charge in [-0.3, -0.25) is 0 Å². The van der Waals surface area contributed by atoms with Crippen LogP contribution in [0.1, 0.15) is 51.9 Å². The highest BCUT2D eigenvalue weighted by Crippen LogP contribution is 2.37. The zero-order valence-electron chi connectivity index (χ0n) is 10.7. The summed E-state index contributed by atoms with van der Waals surface area (Å²) >= 11 is 0. The Labute approximate surface area is 99.9 Å². The summed E-state index contributed by atoms with van der Waals surface area (Å²) < 4.78 is 5.43. The second-order valence-electron chi connectivity index (χ2n) is 5.64. The number of hydrogen-bond acceptors (Lipinski definition) is 2. The van der Waals surface area contributed by atoms with E-state index in [0.717, 1.165) is 31.0 Å². The Morgan fingerprint density at radius 1 is 1.12 bits per heavy atom. The molecule has 0 aromatic heterocycles. The molecule has 3 unspecified atom stereocenters. The molecule has 2 fully saturated rings. The van der Waals surface area contributed by atoms with E-state index in [9.17, 15) is 0 Å². The van der Waals surface area contributed by atoms with E-state index in [-0.39, 0.29) is 0 Å². The van der Waals surface area contributed by atoms with Gasteiger partial charge in [-0.25, -0.2) is 0 Å². The summed E-state index contributed by atoms with van der Waals surface area (Å²) in [5.41, 5.74) is 6.53. The largest absolute Gasteiger partial charge is 0.381 e. The monoisotopic (exact) mass is 225 g/mol. The Balaban J connectivity index is 1.92. The fourth-order valence-electron chi connectivity index (χ4n) is 3.70. The van der Waals surface area contributed by atoms with E-state index in [4.69, 9.17) is 10.5 Å². The number of nitrogens with two attached hydrogens (primary N) is 1. The van der Waals surface area contributed by atoms with Crippen molar-refractivity contribution in [2.75, 3.05) is 13.2 Å². The second kappa shape index (κ2) is 6.02. The first-order valence-electron chi connectivity index (χ1n) is 7.16. The predicted octanol–water partition coefficient (Wildman–Crippen LogP) is 2.96. The van der Waals surface area contributed by atoms with Crippen LogP contribution in [0.2, 0.25) is 0 Å². The van der Waals surface area contributed by atoms with E-state index in [1.165, 1.54) is 44.9 Å². The van der Waals surface area contributed by atoms with Gasteiger partial charge in [0.05, 0.1) is 0 Å². The molecule has 1 aliphatic carbocycles. The molecular formula is C14H27NO. The molecule has 0 aromatic rings. The second-order valence-corrected chi connectivity index (χ2v) is 5.64. The molecule has 0 spiro atoms. The molecule has 0 amide bonds. The van der Waals surface area contributed by atoms with Crippen LogP contribution in [-0.2, 0) is 4.74 Å². The summed E-state index contributed by atoms with van der Waals surface area (Å²) in [6.45, 7) is 4.20. The lowest BCUT2D eigenvalue weighted by atomic mass is 9.70. The van der Waals surface area contributed by atoms with Gasteiger partial charge in [0.2, 0.25) is 0 Å². The van der Waals surface area contributed by atoms with Crippen molar-refractivity contribution in [3.8, 4) is 0 Å². The summed E-state index contributed by atoms with van der Waals surface area (Å²) in [5.74, 6) is 2.42. The first-order chi connectivity index (χ1) is 7.83. The van der Waals surface area contributed by atoms with Gasteiger partial charge in [-0.05, 0) is 37.0 Å². The highest BCUT2D eigenvalue weighted by atomic mass is 16.5. The first kappa shape index (κ1) is 12.4. The molecule has 16 heavy (non-hydrogen) atoms. The SMILES string of the molecule is CCC1CCCCC1C(N)C1CCOCC1. The van der Waals surface area contributed by atoms with Crippen molar-refractivity contribution in [1.82, 2.24) is 0 Å². The smallest absolute Gasteiger partial charge is 0.0469 e. The van der Waals surface area contributed by atoms with E-state index in [2.05, 4.69) is 6.92 Å². The van der Waals surface area contributed by atoms with Crippen LogP contribution in [0.25, 0.3) is 0 Å². The van der Waals surface area contributed by atoms with E-state index in [1.807, 2.05) is 0 Å². The molecule has 94 valence electrons. The molecule has 1 aliphatic heterocycles. The Morgan fingerprint density at radius 2 is 1.81 bits per heavy atom. The van der Waals surface area contributed by atoms with Gasteiger partial charge in [0.1, 0.15) is 0 Å². The minimum Gasteiger partial charge on any atom is -0.381 e. The third-order valence-corrected chi connectivity index (χ3v) is 4.80. The van der Waals surface area contributed by atoms with E-state index in [1.54, 1.807) is 0 Å². The lowest BCUT2D eigenvalue weighted by Gasteiger charge is -2.39. The highest BCUT2D eigenvalue weighted by Gasteiger charge is 2.33. The van der Waals surface area contributed by atoms with Crippen molar-refractivity contribution < 1.29 is 4.74 Å². The van der Waals surface area contributed by atoms with Crippen LogP contribution in [0.5, 0.6) is 0 Å². The van der Waals surface area contributed by atoms with Crippen LogP contribution in [0.4, 0.5) is 0 Å². The highest BCUT2D eigenvalue weighted by molar-refractivity contribution is 4.87. The lowest BCUT2D eigenvalue weighted by Crippen LogP contribution is -2.44. The minimum absolute atomic E-state index is 0.439. The van der Waals surface area contributed by atoms with Gasteiger partial charge in [0.15, 0.2) is 0 Å². The Hall–Kier alpha value is -0.0800. The summed E-state index contributed by atoms with van der Waals surface area (Å²) in [6.07, 6.45) is 9.31. The molecule has 0 bridgehead atoms. The Kier molecular flexibility index (Phi) is 4.66. The van der Waals surface area contributed by atoms with Crippen molar-refractivity contribution in [1.29, 1.82) is 0 Å². The van der Waals surface area contributed by atoms with Gasteiger partial charge in [-0.2, -0.15) is 0 Å². The van der Waals surface area contributed by atoms with Gasteiger partial charge < -0.3 is 10.5 Å². The van der Waals surface area contributed by atoms with Crippen LogP contribution < -0.4 is 5.73 Å². The zero-order chi connectivity index (χ0) is 11.4. The average Bonchev–Trinajstić information content (AvgIpc) is 2.39. The standard InChI is InChI=1S/C14H27NO/c1-2-11-5-3-4-6-13(11)14(15)12-7-9-16-10-8-12/h11-14H,2-10,15H2,1H3. The van der Waals surface area contributed by atoms with Crippen molar-refractivity contribution in [3.05, 3.63) is 0 Å². The molecule has 1 heterocycles. The van der Waals surface area contributed by atoms with E-state index >= 15 is 0 Å². The fourth-order valence-corrected chi connectivity index (χ4v) is 3.70. The minimum atomic E-state index is 0.439. The molecule has 2 N–H and O–H groups in total. The van der Waals surface area contributed by atoms with Crippen LogP contribution in [0.3, 0.4) is 0 Å². The molecule has 1 saturated carbocycles. The average molecular weight is 225 g/mol. The number of hydrogen-bond donors (Lipinski definition) is 1. The quantitative estimate of drug-likeness (QED) is 0.801. The van der Waals surface area contributed by atoms with Crippen LogP contribution in [0.15, 0.2) is 0 Å². The predicted molar refractivity (Wildman–Crippen MR) is 67.3 cm³/mol. The molecule has 0 aromatic carbocycles. The van der Waals surface area contributed by atoms with E-state index in [0.29, 0.717) is 6.04 Å². The maximum Gasteiger partial charge on any atom is 0.0469 e. The van der Waals surface area contributed by atoms with Crippen LogP contribution in [-0.4, -0.2) is 19.3 Å². The molecule has 3 atom stereocenters. The fraction of sp³-hybridized carbons (Fsp3) is 1.00. The zero-order valence-corrected chi connectivity index (χ0v) is 10.7. The molecular weight excluding hydrogens is 198 g/mol. The number of ether oxygens (including phenoxy) is 1. The normalized spacial score (nSPS) is 34.9. The van der Waals surface area contributed by atoms with Gasteiger partial charge >= 0.3 is 0 Å². The van der Waals surface area contributed by atoms with Gasteiger partial charge in [-0.15, -0.1) is 0 Å². The van der Waals surface area contributed by atoms with Crippen molar-refractivity contribution in [2.45, 2.75) is 57.9 Å². The molecule has 2 heteroatoms. The van der Waals surface area contributed by atoms with Crippen LogP contribution in [0, 0.1) is 17.8 Å². The summed E-state index contributed by atoms with van der Waals surface area (Å²) in [7, 11) is 0. The first-order valence-corrected chi connectivity index (χ1v) is 7.16. The van der Waals surface area contributed by atoms with Crippen molar-refractivity contribution in [2.24, 2.45) is 23.5 Å². The van der Waals surface area contributed by atoms with Gasteiger partial charge in [-0.1, -0.05) is 32.6 Å². The van der Waals surface area contributed by atoms with Crippen molar-refractivity contribution in [3.63, 3.8) is 0 Å². The summed E-state index contributed by atoms with van der Waals surface area (Å²) in [4.78, 5) is 0. The molecule has 2 rings (SSSR count). The topological polar surface area (TPSA) is 35.2 Å². The van der Waals surface area contributed by atoms with Gasteiger partial charge in [0.25, 0.3) is 0 Å². The Morgan fingerprint density at radius 3 is 2.50 bits per heavy atom. The summed E-state index contributed by atoms with van der Waals surface area (Å²) in [5, 5.41) is 0. The molecule has 2 aliphatic rings. The van der Waals surface area contributed by atoms with E-state index < -0.39 is 0 Å². The third-order valence-electron chi connectivity index (χ3n) is 4.80. The van der Waals surface area contributed by atoms with Crippen LogP contribution >= 0.6 is 0 Å². The summed E-state index contributed by atoms with van der Waals surface area (Å²) in [6, 6.07) is 0.439. The van der Waals surface area contributed by atoms with Crippen molar-refractivity contribution >= 4 is 0 Å². The molecule has 0 radical (unpaired) electrons. The number of rotatable bonds is 3. The lowest BCUT2D eigenvalue weighted by molar-refractivity contribution is 0.0398. The molecule has 2 nitrogen and oxygen atoms in total. The Bertz CT molecular complexity index is 201.